The molecule has 15 heavy (non-hydrogen) atoms. The van der Waals surface area contributed by atoms with Gasteiger partial charge < -0.3 is 0 Å². The van der Waals surface area contributed by atoms with Crippen molar-refractivity contribution in [3.8, 4) is 0 Å². The van der Waals surface area contributed by atoms with Crippen LogP contribution in [0.5, 0.6) is 0 Å². The van der Waals surface area contributed by atoms with E-state index < -0.39 is 0 Å². The molecule has 4 nitrogen and oxygen atoms in total. The van der Waals surface area contributed by atoms with E-state index in [9.17, 15) is 4.79 Å². The van der Waals surface area contributed by atoms with Crippen molar-refractivity contribution in [2.24, 2.45) is 7.05 Å². The molecule has 0 aromatic carbocycles. The highest BCUT2D eigenvalue weighted by atomic mass is 32.1. The molecule has 0 radical (unpaired) electrons. The van der Waals surface area contributed by atoms with Crippen LogP contribution in [0.25, 0.3) is 0 Å². The number of ketones is 1. The number of hydrogen-bond acceptors (Lipinski definition) is 4. The van der Waals surface area contributed by atoms with Crippen LogP contribution in [0.1, 0.15) is 21.1 Å². The Bertz CT molecular complexity index is 473. The lowest BCUT2D eigenvalue weighted by Gasteiger charge is -1.98. The second kappa shape index (κ2) is 3.94. The Labute approximate surface area is 91.6 Å². The average Bonchev–Trinajstić information content (AvgIpc) is 2.75. The van der Waals surface area contributed by atoms with Crippen LogP contribution < -0.4 is 0 Å². The first kappa shape index (κ1) is 10.0. The fourth-order valence-corrected chi connectivity index (χ4v) is 2.04. The third-order valence-corrected chi connectivity index (χ3v) is 2.89. The third kappa shape index (κ3) is 2.12. The first-order chi connectivity index (χ1) is 7.16. The zero-order chi connectivity index (χ0) is 10.8. The monoisotopic (exact) mass is 221 g/mol. The molecule has 2 aromatic heterocycles. The SMILES string of the molecule is Cc1cc(C(=O)Cc2cncs2)n(C)n1. The molecule has 0 aliphatic rings. The van der Waals surface area contributed by atoms with Crippen LogP contribution in [-0.2, 0) is 13.5 Å². The van der Waals surface area contributed by atoms with Gasteiger partial charge in [0.1, 0.15) is 5.69 Å². The number of aromatic nitrogens is 3. The van der Waals surface area contributed by atoms with Crippen molar-refractivity contribution in [3.05, 3.63) is 34.0 Å². The van der Waals surface area contributed by atoms with E-state index in [1.807, 2.05) is 13.0 Å². The second-order valence-electron chi connectivity index (χ2n) is 3.36. The predicted octanol–water partition coefficient (Wildman–Crippen LogP) is 1.61. The number of thiazole rings is 1. The molecule has 78 valence electrons. The Hall–Kier alpha value is -1.49. The Kier molecular flexibility index (Phi) is 2.64. The van der Waals surface area contributed by atoms with Crippen LogP contribution in [0.4, 0.5) is 0 Å². The van der Waals surface area contributed by atoms with Gasteiger partial charge in [-0.1, -0.05) is 0 Å². The van der Waals surface area contributed by atoms with E-state index >= 15 is 0 Å². The first-order valence-electron chi connectivity index (χ1n) is 4.58. The Morgan fingerprint density at radius 3 is 2.93 bits per heavy atom. The van der Waals surface area contributed by atoms with Gasteiger partial charge in [0.05, 0.1) is 11.2 Å². The molecule has 0 N–H and O–H groups in total. The van der Waals surface area contributed by atoms with Gasteiger partial charge in [-0.15, -0.1) is 11.3 Å². The molecule has 2 aromatic rings. The van der Waals surface area contributed by atoms with Crippen molar-refractivity contribution in [1.82, 2.24) is 14.8 Å². The lowest BCUT2D eigenvalue weighted by Crippen LogP contribution is -2.08. The fourth-order valence-electron chi connectivity index (χ4n) is 1.45. The maximum absolute atomic E-state index is 11.9. The minimum atomic E-state index is 0.0855. The highest BCUT2D eigenvalue weighted by molar-refractivity contribution is 7.09. The average molecular weight is 221 g/mol. The lowest BCUT2D eigenvalue weighted by atomic mass is 10.2. The molecule has 0 unspecified atom stereocenters. The molecule has 5 heteroatoms. The van der Waals surface area contributed by atoms with Crippen molar-refractivity contribution >= 4 is 17.1 Å². The smallest absolute Gasteiger partial charge is 0.186 e. The number of carbonyl (C=O) groups excluding carboxylic acids is 1. The van der Waals surface area contributed by atoms with E-state index in [-0.39, 0.29) is 5.78 Å². The third-order valence-electron chi connectivity index (χ3n) is 2.11. The maximum Gasteiger partial charge on any atom is 0.186 e. The van der Waals surface area contributed by atoms with Gasteiger partial charge in [0.25, 0.3) is 0 Å². The molecule has 2 rings (SSSR count). The lowest BCUT2D eigenvalue weighted by molar-refractivity contribution is 0.0985. The number of nitrogens with zero attached hydrogens (tertiary/aromatic N) is 3. The van der Waals surface area contributed by atoms with Gasteiger partial charge in [-0.25, -0.2) is 0 Å². The van der Waals surface area contributed by atoms with Crippen LogP contribution in [0.15, 0.2) is 17.8 Å². The molecule has 0 fully saturated rings. The molecular weight excluding hydrogens is 210 g/mol. The van der Waals surface area contributed by atoms with Crippen LogP contribution >= 0.6 is 11.3 Å². The van der Waals surface area contributed by atoms with E-state index in [2.05, 4.69) is 10.1 Å². The van der Waals surface area contributed by atoms with Gasteiger partial charge in [-0.3, -0.25) is 14.5 Å². The van der Waals surface area contributed by atoms with E-state index in [1.165, 1.54) is 11.3 Å². The van der Waals surface area contributed by atoms with Crippen molar-refractivity contribution in [2.75, 3.05) is 0 Å². The molecule has 2 heterocycles. The summed E-state index contributed by atoms with van der Waals surface area (Å²) in [7, 11) is 1.78. The van der Waals surface area contributed by atoms with E-state index in [0.29, 0.717) is 12.1 Å². The molecule has 0 spiro atoms. The standard InChI is InChI=1S/C10H11N3OS/c1-7-3-9(13(2)12-7)10(14)4-8-5-11-6-15-8/h3,5-6H,4H2,1-2H3. The molecule has 0 saturated carbocycles. The second-order valence-corrected chi connectivity index (χ2v) is 4.33. The fraction of sp³-hybridized carbons (Fsp3) is 0.300. The topological polar surface area (TPSA) is 47.8 Å². The van der Waals surface area contributed by atoms with Crippen LogP contribution in [0.3, 0.4) is 0 Å². The summed E-state index contributed by atoms with van der Waals surface area (Å²) in [5.41, 5.74) is 3.25. The van der Waals surface area contributed by atoms with Gasteiger partial charge in [0.15, 0.2) is 5.78 Å². The van der Waals surface area contributed by atoms with Gasteiger partial charge in [0.2, 0.25) is 0 Å². The van der Waals surface area contributed by atoms with Crippen LogP contribution in [-0.4, -0.2) is 20.5 Å². The molecule has 0 amide bonds. The number of Topliss-reactive ketones (excluding diaryl/α,β-unsaturated/α-hetero) is 1. The van der Waals surface area contributed by atoms with Crippen molar-refractivity contribution in [2.45, 2.75) is 13.3 Å². The van der Waals surface area contributed by atoms with Gasteiger partial charge in [-0.05, 0) is 13.0 Å². The quantitative estimate of drug-likeness (QED) is 0.740. The summed E-state index contributed by atoms with van der Waals surface area (Å²) in [5.74, 6) is 0.0855. The Morgan fingerprint density at radius 1 is 1.60 bits per heavy atom. The van der Waals surface area contributed by atoms with Crippen LogP contribution in [0, 0.1) is 6.92 Å². The largest absolute Gasteiger partial charge is 0.292 e. The molecule has 0 atom stereocenters. The summed E-state index contributed by atoms with van der Waals surface area (Å²) in [4.78, 5) is 16.8. The highest BCUT2D eigenvalue weighted by Crippen LogP contribution is 2.11. The summed E-state index contributed by atoms with van der Waals surface area (Å²) in [5, 5.41) is 4.15. The van der Waals surface area contributed by atoms with Crippen molar-refractivity contribution in [3.63, 3.8) is 0 Å². The molecule has 0 saturated heterocycles. The minimum absolute atomic E-state index is 0.0855. The molecular formula is C10H11N3OS. The van der Waals surface area contributed by atoms with Crippen LogP contribution in [0.2, 0.25) is 0 Å². The van der Waals surface area contributed by atoms with E-state index in [0.717, 1.165) is 10.6 Å². The molecule has 0 aliphatic heterocycles. The number of aryl methyl sites for hydroxylation is 2. The number of hydrogen-bond donors (Lipinski definition) is 0. The zero-order valence-corrected chi connectivity index (χ0v) is 9.41. The summed E-state index contributed by atoms with van der Waals surface area (Å²) in [6.45, 7) is 1.88. The van der Waals surface area contributed by atoms with Gasteiger partial charge in [-0.2, -0.15) is 5.10 Å². The van der Waals surface area contributed by atoms with E-state index in [4.69, 9.17) is 0 Å². The van der Waals surface area contributed by atoms with Gasteiger partial charge in [0, 0.05) is 24.5 Å². The maximum atomic E-state index is 11.9. The summed E-state index contributed by atoms with van der Waals surface area (Å²) < 4.78 is 1.62. The predicted molar refractivity (Wildman–Crippen MR) is 58.1 cm³/mol. The van der Waals surface area contributed by atoms with Gasteiger partial charge >= 0.3 is 0 Å². The van der Waals surface area contributed by atoms with Crippen molar-refractivity contribution in [1.29, 1.82) is 0 Å². The highest BCUT2D eigenvalue weighted by Gasteiger charge is 2.12. The summed E-state index contributed by atoms with van der Waals surface area (Å²) >= 11 is 1.50. The Morgan fingerprint density at radius 2 is 2.40 bits per heavy atom. The molecule has 0 aliphatic carbocycles. The molecule has 0 bridgehead atoms. The normalized spacial score (nSPS) is 10.5. The summed E-state index contributed by atoms with van der Waals surface area (Å²) in [6, 6.07) is 1.81. The zero-order valence-electron chi connectivity index (χ0n) is 8.60. The number of rotatable bonds is 3. The first-order valence-corrected chi connectivity index (χ1v) is 5.46. The van der Waals surface area contributed by atoms with E-state index in [1.54, 1.807) is 23.4 Å². The minimum Gasteiger partial charge on any atom is -0.292 e. The van der Waals surface area contributed by atoms with Crippen molar-refractivity contribution < 1.29 is 4.79 Å². The Balaban J connectivity index is 2.18. The number of carbonyl (C=O) groups is 1. The summed E-state index contributed by atoms with van der Waals surface area (Å²) in [6.07, 6.45) is 2.13.